The van der Waals surface area contributed by atoms with Gasteiger partial charge in [-0.3, -0.25) is 0 Å². The van der Waals surface area contributed by atoms with Crippen molar-refractivity contribution in [1.82, 2.24) is 4.98 Å². The van der Waals surface area contributed by atoms with Crippen LogP contribution in [0.5, 0.6) is 0 Å². The fourth-order valence-electron chi connectivity index (χ4n) is 1.26. The number of hydrogen-bond acceptors (Lipinski definition) is 3. The van der Waals surface area contributed by atoms with Gasteiger partial charge in [0.1, 0.15) is 5.52 Å². The van der Waals surface area contributed by atoms with E-state index in [9.17, 15) is 4.79 Å². The molecular formula is C9H7NO3. The molecule has 0 aliphatic rings. The maximum atomic E-state index is 10.7. The van der Waals surface area contributed by atoms with Gasteiger partial charge in [-0.1, -0.05) is 0 Å². The highest BCUT2D eigenvalue weighted by Crippen LogP contribution is 2.19. The van der Waals surface area contributed by atoms with Gasteiger partial charge in [-0.2, -0.15) is 0 Å². The van der Waals surface area contributed by atoms with E-state index in [2.05, 4.69) is 4.98 Å². The van der Waals surface area contributed by atoms with Crippen LogP contribution in [0, 0.1) is 6.92 Å². The summed E-state index contributed by atoms with van der Waals surface area (Å²) in [6.45, 7) is 1.79. The minimum Gasteiger partial charge on any atom is -0.478 e. The molecule has 0 aliphatic carbocycles. The van der Waals surface area contributed by atoms with E-state index in [0.29, 0.717) is 11.1 Å². The number of aryl methyl sites for hydroxylation is 1. The first-order chi connectivity index (χ1) is 6.18. The molecule has 0 amide bonds. The highest BCUT2D eigenvalue weighted by atomic mass is 16.4. The predicted octanol–water partition coefficient (Wildman–Crippen LogP) is 1.83. The van der Waals surface area contributed by atoms with Gasteiger partial charge in [0.15, 0.2) is 12.0 Å². The minimum atomic E-state index is -0.951. The summed E-state index contributed by atoms with van der Waals surface area (Å²) in [7, 11) is 0. The number of carboxylic acids is 1. The maximum Gasteiger partial charge on any atom is 0.335 e. The Bertz CT molecular complexity index is 473. The molecule has 1 heterocycles. The Morgan fingerprint density at radius 2 is 2.31 bits per heavy atom. The molecule has 4 heteroatoms. The molecular weight excluding hydrogens is 170 g/mol. The van der Waals surface area contributed by atoms with Crippen LogP contribution < -0.4 is 0 Å². The van der Waals surface area contributed by atoms with Crippen molar-refractivity contribution in [2.75, 3.05) is 0 Å². The summed E-state index contributed by atoms with van der Waals surface area (Å²) in [6, 6.07) is 3.06. The van der Waals surface area contributed by atoms with Crippen LogP contribution in [-0.2, 0) is 0 Å². The summed E-state index contributed by atoms with van der Waals surface area (Å²) < 4.78 is 5.08. The van der Waals surface area contributed by atoms with Gasteiger partial charge in [0, 0.05) is 0 Å². The van der Waals surface area contributed by atoms with E-state index in [-0.39, 0.29) is 5.56 Å². The third-order valence-electron chi connectivity index (χ3n) is 1.86. The van der Waals surface area contributed by atoms with Crippen LogP contribution in [0.25, 0.3) is 11.1 Å². The molecule has 0 aliphatic heterocycles. The van der Waals surface area contributed by atoms with E-state index in [4.69, 9.17) is 9.52 Å². The van der Waals surface area contributed by atoms with Gasteiger partial charge in [-0.25, -0.2) is 9.78 Å². The Labute approximate surface area is 73.8 Å². The van der Waals surface area contributed by atoms with E-state index < -0.39 is 5.97 Å². The molecule has 0 saturated heterocycles. The maximum absolute atomic E-state index is 10.7. The van der Waals surface area contributed by atoms with Crippen molar-refractivity contribution < 1.29 is 14.3 Å². The molecule has 2 rings (SSSR count). The first kappa shape index (κ1) is 7.79. The minimum absolute atomic E-state index is 0.235. The van der Waals surface area contributed by atoms with Crippen LogP contribution in [0.1, 0.15) is 15.9 Å². The molecule has 0 unspecified atom stereocenters. The highest BCUT2D eigenvalue weighted by molar-refractivity contribution is 5.92. The number of hydrogen-bond donors (Lipinski definition) is 1. The van der Waals surface area contributed by atoms with E-state index in [1.165, 1.54) is 12.5 Å². The summed E-state index contributed by atoms with van der Waals surface area (Å²) in [6.07, 6.45) is 1.31. The van der Waals surface area contributed by atoms with Gasteiger partial charge in [-0.15, -0.1) is 0 Å². The van der Waals surface area contributed by atoms with E-state index in [1.807, 2.05) is 0 Å². The van der Waals surface area contributed by atoms with Gasteiger partial charge in [0.25, 0.3) is 0 Å². The third kappa shape index (κ3) is 1.16. The Kier molecular flexibility index (Phi) is 1.55. The third-order valence-corrected chi connectivity index (χ3v) is 1.86. The first-order valence-electron chi connectivity index (χ1n) is 3.75. The van der Waals surface area contributed by atoms with Gasteiger partial charge in [-0.05, 0) is 24.6 Å². The summed E-state index contributed by atoms with van der Waals surface area (Å²) >= 11 is 0. The number of aromatic carboxylic acids is 1. The number of oxazole rings is 1. The van der Waals surface area contributed by atoms with Crippen LogP contribution in [0.15, 0.2) is 22.9 Å². The molecule has 0 bridgehead atoms. The fraction of sp³-hybridized carbons (Fsp3) is 0.111. The normalized spacial score (nSPS) is 10.5. The second-order valence-corrected chi connectivity index (χ2v) is 2.80. The molecule has 0 spiro atoms. The zero-order chi connectivity index (χ0) is 9.42. The number of rotatable bonds is 1. The Balaban J connectivity index is 2.77. The van der Waals surface area contributed by atoms with E-state index in [1.54, 1.807) is 13.0 Å². The summed E-state index contributed by atoms with van der Waals surface area (Å²) in [5, 5.41) is 8.75. The van der Waals surface area contributed by atoms with Crippen molar-refractivity contribution in [2.45, 2.75) is 6.92 Å². The van der Waals surface area contributed by atoms with Crippen molar-refractivity contribution in [2.24, 2.45) is 0 Å². The monoisotopic (exact) mass is 177 g/mol. The van der Waals surface area contributed by atoms with Crippen molar-refractivity contribution in [3.8, 4) is 0 Å². The molecule has 0 fully saturated rings. The second kappa shape index (κ2) is 2.58. The Morgan fingerprint density at radius 1 is 1.54 bits per heavy atom. The lowest BCUT2D eigenvalue weighted by atomic mass is 10.1. The lowest BCUT2D eigenvalue weighted by Gasteiger charge is -1.96. The molecule has 1 N–H and O–H groups in total. The largest absolute Gasteiger partial charge is 0.478 e. The van der Waals surface area contributed by atoms with Gasteiger partial charge >= 0.3 is 5.97 Å². The Hall–Kier alpha value is -1.84. The molecule has 0 atom stereocenters. The SMILES string of the molecule is Cc1cc(C(=O)O)cc2ncoc12. The fourth-order valence-corrected chi connectivity index (χ4v) is 1.26. The molecule has 4 nitrogen and oxygen atoms in total. The summed E-state index contributed by atoms with van der Waals surface area (Å²) in [5.41, 5.74) is 2.24. The molecule has 1 aromatic carbocycles. The predicted molar refractivity (Wildman–Crippen MR) is 45.7 cm³/mol. The first-order valence-corrected chi connectivity index (χ1v) is 3.75. The van der Waals surface area contributed by atoms with Crippen LogP contribution >= 0.6 is 0 Å². The zero-order valence-electron chi connectivity index (χ0n) is 6.94. The van der Waals surface area contributed by atoms with Crippen molar-refractivity contribution in [1.29, 1.82) is 0 Å². The Morgan fingerprint density at radius 3 is 3.00 bits per heavy atom. The zero-order valence-corrected chi connectivity index (χ0v) is 6.94. The number of carbonyl (C=O) groups is 1. The van der Waals surface area contributed by atoms with E-state index in [0.717, 1.165) is 5.56 Å². The van der Waals surface area contributed by atoms with Crippen LogP contribution in [-0.4, -0.2) is 16.1 Å². The quantitative estimate of drug-likeness (QED) is 0.721. The average Bonchev–Trinajstić information content (AvgIpc) is 2.51. The molecule has 13 heavy (non-hydrogen) atoms. The topological polar surface area (TPSA) is 63.3 Å². The highest BCUT2D eigenvalue weighted by Gasteiger charge is 2.08. The average molecular weight is 177 g/mol. The number of nitrogens with zero attached hydrogens (tertiary/aromatic N) is 1. The molecule has 0 radical (unpaired) electrons. The summed E-state index contributed by atoms with van der Waals surface area (Å²) in [5.74, 6) is -0.951. The lowest BCUT2D eigenvalue weighted by molar-refractivity contribution is 0.0697. The van der Waals surface area contributed by atoms with Crippen molar-refractivity contribution in [3.05, 3.63) is 29.7 Å². The van der Waals surface area contributed by atoms with Crippen LogP contribution in [0.4, 0.5) is 0 Å². The molecule has 2 aromatic rings. The van der Waals surface area contributed by atoms with Crippen molar-refractivity contribution in [3.63, 3.8) is 0 Å². The summed E-state index contributed by atoms with van der Waals surface area (Å²) in [4.78, 5) is 14.6. The second-order valence-electron chi connectivity index (χ2n) is 2.80. The smallest absolute Gasteiger partial charge is 0.335 e. The number of aromatic nitrogens is 1. The molecule has 1 aromatic heterocycles. The van der Waals surface area contributed by atoms with Crippen LogP contribution in [0.2, 0.25) is 0 Å². The molecule has 0 saturated carbocycles. The number of fused-ring (bicyclic) bond motifs is 1. The van der Waals surface area contributed by atoms with Crippen molar-refractivity contribution >= 4 is 17.1 Å². The molecule has 66 valence electrons. The van der Waals surface area contributed by atoms with Gasteiger partial charge < -0.3 is 9.52 Å². The lowest BCUT2D eigenvalue weighted by Crippen LogP contribution is -1.96. The van der Waals surface area contributed by atoms with E-state index >= 15 is 0 Å². The number of benzene rings is 1. The standard InChI is InChI=1S/C9H7NO3/c1-5-2-6(9(11)12)3-7-8(5)13-4-10-7/h2-4H,1H3,(H,11,12). The van der Waals surface area contributed by atoms with Crippen LogP contribution in [0.3, 0.4) is 0 Å². The number of carboxylic acid groups (broad SMARTS) is 1. The van der Waals surface area contributed by atoms with Gasteiger partial charge in [0.05, 0.1) is 5.56 Å². The van der Waals surface area contributed by atoms with Gasteiger partial charge in [0.2, 0.25) is 0 Å².